The molecule has 1 aromatic rings. The fraction of sp³-hybridized carbons (Fsp3) is 0.333. The lowest BCUT2D eigenvalue weighted by Crippen LogP contribution is -2.37. The highest BCUT2D eigenvalue weighted by atomic mass is 79.9. The predicted molar refractivity (Wildman–Crippen MR) is 74.8 cm³/mol. The van der Waals surface area contributed by atoms with E-state index in [4.69, 9.17) is 11.6 Å². The average molecular weight is 334 g/mol. The number of benzene rings is 1. The van der Waals surface area contributed by atoms with Crippen LogP contribution in [0.25, 0.3) is 0 Å². The molecule has 0 N–H and O–H groups in total. The highest BCUT2D eigenvalue weighted by Crippen LogP contribution is 2.23. The lowest BCUT2D eigenvalue weighted by Gasteiger charge is -2.19. The minimum atomic E-state index is -0.220. The van der Waals surface area contributed by atoms with Crippen LogP contribution in [-0.4, -0.2) is 49.3 Å². The van der Waals surface area contributed by atoms with Gasteiger partial charge in [-0.3, -0.25) is 9.59 Å². The molecule has 0 heterocycles. The number of likely N-dealkylation sites (N-methyl/N-ethyl adjacent to an activating group) is 2. The van der Waals surface area contributed by atoms with Crippen molar-refractivity contribution in [3.8, 4) is 0 Å². The third-order valence-electron chi connectivity index (χ3n) is 2.38. The Morgan fingerprint density at radius 1 is 1.28 bits per heavy atom. The standard InChI is InChI=1S/C12H14BrClN2O2/c1-15(2)11(17)7-16(3)12(18)8-4-5-10(14)9(13)6-8/h4-6H,7H2,1-3H3. The van der Waals surface area contributed by atoms with Crippen LogP contribution in [0, 0.1) is 0 Å². The lowest BCUT2D eigenvalue weighted by molar-refractivity contribution is -0.129. The zero-order valence-corrected chi connectivity index (χ0v) is 12.7. The van der Waals surface area contributed by atoms with Gasteiger partial charge in [0.2, 0.25) is 5.91 Å². The Morgan fingerprint density at radius 2 is 1.89 bits per heavy atom. The van der Waals surface area contributed by atoms with Gasteiger partial charge in [-0.2, -0.15) is 0 Å². The predicted octanol–water partition coefficient (Wildman–Crippen LogP) is 2.26. The molecule has 0 bridgehead atoms. The van der Waals surface area contributed by atoms with Crippen LogP contribution in [0.2, 0.25) is 5.02 Å². The van der Waals surface area contributed by atoms with Crippen molar-refractivity contribution in [3.05, 3.63) is 33.3 Å². The first-order valence-electron chi connectivity index (χ1n) is 5.23. The normalized spacial score (nSPS) is 10.1. The highest BCUT2D eigenvalue weighted by Gasteiger charge is 2.16. The Balaban J connectivity index is 2.80. The minimum Gasteiger partial charge on any atom is -0.347 e. The van der Waals surface area contributed by atoms with Crippen LogP contribution in [0.1, 0.15) is 10.4 Å². The van der Waals surface area contributed by atoms with Crippen molar-refractivity contribution < 1.29 is 9.59 Å². The number of hydrogen-bond acceptors (Lipinski definition) is 2. The van der Waals surface area contributed by atoms with Gasteiger partial charge in [0.1, 0.15) is 0 Å². The minimum absolute atomic E-state index is 0.0477. The number of amides is 2. The molecule has 4 nitrogen and oxygen atoms in total. The molecule has 0 saturated carbocycles. The summed E-state index contributed by atoms with van der Waals surface area (Å²) in [6, 6.07) is 4.91. The first kappa shape index (κ1) is 15.0. The lowest BCUT2D eigenvalue weighted by atomic mass is 10.2. The summed E-state index contributed by atoms with van der Waals surface area (Å²) in [6.45, 7) is 0.0477. The van der Waals surface area contributed by atoms with Crippen molar-refractivity contribution in [2.24, 2.45) is 0 Å². The number of carbonyl (C=O) groups is 2. The van der Waals surface area contributed by atoms with Crippen LogP contribution in [0.15, 0.2) is 22.7 Å². The van der Waals surface area contributed by atoms with Gasteiger partial charge in [-0.05, 0) is 34.1 Å². The quantitative estimate of drug-likeness (QED) is 0.851. The van der Waals surface area contributed by atoms with Crippen LogP contribution < -0.4 is 0 Å². The van der Waals surface area contributed by atoms with Gasteiger partial charge in [-0.1, -0.05) is 11.6 Å². The fourth-order valence-electron chi connectivity index (χ4n) is 1.27. The van der Waals surface area contributed by atoms with E-state index in [2.05, 4.69) is 15.9 Å². The van der Waals surface area contributed by atoms with E-state index in [1.165, 1.54) is 9.80 Å². The summed E-state index contributed by atoms with van der Waals surface area (Å²) in [5.41, 5.74) is 0.486. The van der Waals surface area contributed by atoms with Gasteiger partial charge in [0.25, 0.3) is 5.91 Å². The summed E-state index contributed by atoms with van der Waals surface area (Å²) in [6.07, 6.45) is 0. The molecule has 18 heavy (non-hydrogen) atoms. The van der Waals surface area contributed by atoms with E-state index in [0.717, 1.165) is 0 Å². The second-order valence-corrected chi connectivity index (χ2v) is 5.34. The smallest absolute Gasteiger partial charge is 0.254 e. The van der Waals surface area contributed by atoms with E-state index in [0.29, 0.717) is 15.1 Å². The third-order valence-corrected chi connectivity index (χ3v) is 3.60. The van der Waals surface area contributed by atoms with Crippen molar-refractivity contribution >= 4 is 39.3 Å². The molecule has 0 radical (unpaired) electrons. The summed E-state index contributed by atoms with van der Waals surface area (Å²) < 4.78 is 0.655. The molecule has 0 aliphatic heterocycles. The maximum Gasteiger partial charge on any atom is 0.254 e. The first-order valence-corrected chi connectivity index (χ1v) is 6.40. The Hall–Kier alpha value is -1.07. The second-order valence-electron chi connectivity index (χ2n) is 4.08. The van der Waals surface area contributed by atoms with Crippen LogP contribution in [-0.2, 0) is 4.79 Å². The number of nitrogens with zero attached hydrogens (tertiary/aromatic N) is 2. The Morgan fingerprint density at radius 3 is 2.39 bits per heavy atom. The monoisotopic (exact) mass is 332 g/mol. The van der Waals surface area contributed by atoms with Crippen molar-refractivity contribution in [2.75, 3.05) is 27.7 Å². The zero-order valence-electron chi connectivity index (χ0n) is 10.4. The van der Waals surface area contributed by atoms with Gasteiger partial charge in [0, 0.05) is 31.2 Å². The van der Waals surface area contributed by atoms with Crippen LogP contribution in [0.3, 0.4) is 0 Å². The molecule has 0 atom stereocenters. The molecule has 0 aliphatic rings. The first-order chi connectivity index (χ1) is 8.32. The van der Waals surface area contributed by atoms with Gasteiger partial charge in [0.15, 0.2) is 0 Å². The molecule has 1 rings (SSSR count). The molecule has 98 valence electrons. The molecule has 0 spiro atoms. The Kier molecular flexibility index (Phi) is 5.16. The van der Waals surface area contributed by atoms with E-state index in [9.17, 15) is 9.59 Å². The van der Waals surface area contributed by atoms with Crippen molar-refractivity contribution in [3.63, 3.8) is 0 Å². The van der Waals surface area contributed by atoms with Gasteiger partial charge in [-0.15, -0.1) is 0 Å². The number of halogens is 2. The van der Waals surface area contributed by atoms with E-state index >= 15 is 0 Å². The summed E-state index contributed by atoms with van der Waals surface area (Å²) in [4.78, 5) is 26.4. The van der Waals surface area contributed by atoms with E-state index < -0.39 is 0 Å². The largest absolute Gasteiger partial charge is 0.347 e. The molecule has 6 heteroatoms. The summed E-state index contributed by atoms with van der Waals surface area (Å²) >= 11 is 9.12. The summed E-state index contributed by atoms with van der Waals surface area (Å²) in [5.74, 6) is -0.346. The van der Waals surface area contributed by atoms with Crippen molar-refractivity contribution in [2.45, 2.75) is 0 Å². The number of rotatable bonds is 3. The van der Waals surface area contributed by atoms with E-state index in [1.54, 1.807) is 39.3 Å². The van der Waals surface area contributed by atoms with Crippen molar-refractivity contribution in [1.29, 1.82) is 0 Å². The number of carbonyl (C=O) groups excluding carboxylic acids is 2. The topological polar surface area (TPSA) is 40.6 Å². The highest BCUT2D eigenvalue weighted by molar-refractivity contribution is 9.10. The fourth-order valence-corrected chi connectivity index (χ4v) is 1.76. The zero-order chi connectivity index (χ0) is 13.9. The van der Waals surface area contributed by atoms with Gasteiger partial charge in [0.05, 0.1) is 11.6 Å². The van der Waals surface area contributed by atoms with Gasteiger partial charge in [-0.25, -0.2) is 0 Å². The Bertz CT molecular complexity index is 477. The number of hydrogen-bond donors (Lipinski definition) is 0. The average Bonchev–Trinajstić information content (AvgIpc) is 2.31. The molecule has 2 amide bonds. The van der Waals surface area contributed by atoms with Gasteiger partial charge >= 0.3 is 0 Å². The molecule has 1 aromatic carbocycles. The molecular weight excluding hydrogens is 320 g/mol. The maximum absolute atomic E-state index is 12.1. The Labute approximate surface area is 120 Å². The van der Waals surface area contributed by atoms with Crippen molar-refractivity contribution in [1.82, 2.24) is 9.80 Å². The van der Waals surface area contributed by atoms with E-state index in [1.807, 2.05) is 0 Å². The summed E-state index contributed by atoms with van der Waals surface area (Å²) in [7, 11) is 4.89. The third kappa shape index (κ3) is 3.71. The maximum atomic E-state index is 12.1. The van der Waals surface area contributed by atoms with Crippen LogP contribution in [0.4, 0.5) is 0 Å². The molecule has 0 aromatic heterocycles. The summed E-state index contributed by atoms with van der Waals surface area (Å²) in [5, 5.41) is 0.540. The molecule has 0 saturated heterocycles. The molecule has 0 aliphatic carbocycles. The SMILES string of the molecule is CN(C)C(=O)CN(C)C(=O)c1ccc(Cl)c(Br)c1. The molecular formula is C12H14BrClN2O2. The van der Waals surface area contributed by atoms with Crippen LogP contribution in [0.5, 0.6) is 0 Å². The second kappa shape index (κ2) is 6.20. The van der Waals surface area contributed by atoms with Gasteiger partial charge < -0.3 is 9.80 Å². The van der Waals surface area contributed by atoms with Crippen LogP contribution >= 0.6 is 27.5 Å². The molecule has 0 fully saturated rings. The molecule has 0 unspecified atom stereocenters. The van der Waals surface area contributed by atoms with E-state index in [-0.39, 0.29) is 18.4 Å².